The van der Waals surface area contributed by atoms with Crippen molar-refractivity contribution in [1.82, 2.24) is 15.1 Å². The number of nitrogens with zero attached hydrogens (tertiary/aromatic N) is 4. The number of pyridine rings is 1. The van der Waals surface area contributed by atoms with Gasteiger partial charge in [-0.1, -0.05) is 35.0 Å². The maximum atomic E-state index is 10.7. The number of hydrogen-bond donors (Lipinski definition) is 1. The number of nitrogens with one attached hydrogen (secondary N) is 1. The van der Waals surface area contributed by atoms with Crippen LogP contribution >= 0.6 is 11.6 Å². The minimum atomic E-state index is -0.558. The molecule has 1 atom stereocenters. The van der Waals surface area contributed by atoms with Gasteiger partial charge >= 0.3 is 0 Å². The summed E-state index contributed by atoms with van der Waals surface area (Å²) in [5, 5.41) is 17.8. The highest BCUT2D eigenvalue weighted by molar-refractivity contribution is 6.33. The van der Waals surface area contributed by atoms with E-state index < -0.39 is 4.92 Å². The molecule has 3 rings (SSSR count). The Morgan fingerprint density at radius 1 is 1.33 bits per heavy atom. The summed E-state index contributed by atoms with van der Waals surface area (Å²) in [7, 11) is 0. The molecular formula is C15H12ClN5O3. The lowest BCUT2D eigenvalue weighted by Gasteiger charge is -2.11. The first-order valence-corrected chi connectivity index (χ1v) is 7.38. The fraction of sp³-hybridized carbons (Fsp3) is 0.133. The van der Waals surface area contributed by atoms with Gasteiger partial charge in [0.2, 0.25) is 0 Å². The highest BCUT2D eigenvalue weighted by atomic mass is 35.5. The molecule has 0 bridgehead atoms. The van der Waals surface area contributed by atoms with Gasteiger partial charge in [-0.15, -0.1) is 0 Å². The van der Waals surface area contributed by atoms with Crippen LogP contribution in [0, 0.1) is 10.1 Å². The van der Waals surface area contributed by atoms with E-state index in [1.807, 2.05) is 30.3 Å². The highest BCUT2D eigenvalue weighted by Gasteiger charge is 2.18. The van der Waals surface area contributed by atoms with Crippen LogP contribution in [-0.2, 0) is 0 Å². The third-order valence-electron chi connectivity index (χ3n) is 3.24. The lowest BCUT2D eigenvalue weighted by molar-refractivity contribution is -0.385. The van der Waals surface area contributed by atoms with Crippen LogP contribution in [0.3, 0.4) is 0 Å². The normalized spacial score (nSPS) is 11.9. The molecule has 0 aliphatic rings. The summed E-state index contributed by atoms with van der Waals surface area (Å²) in [5.41, 5.74) is 0.638. The molecular weight excluding hydrogens is 334 g/mol. The van der Waals surface area contributed by atoms with E-state index in [9.17, 15) is 10.1 Å². The average molecular weight is 346 g/mol. The summed E-state index contributed by atoms with van der Waals surface area (Å²) >= 11 is 6.01. The van der Waals surface area contributed by atoms with Crippen LogP contribution in [0.5, 0.6) is 0 Å². The highest BCUT2D eigenvalue weighted by Crippen LogP contribution is 2.27. The first-order chi connectivity index (χ1) is 11.5. The number of hydrogen-bond acceptors (Lipinski definition) is 7. The van der Waals surface area contributed by atoms with E-state index in [4.69, 9.17) is 16.1 Å². The van der Waals surface area contributed by atoms with Gasteiger partial charge in [0.25, 0.3) is 11.6 Å². The number of benzene rings is 1. The molecule has 0 saturated heterocycles. The average Bonchev–Trinajstić information content (AvgIpc) is 3.07. The Hall–Kier alpha value is -3.00. The molecule has 24 heavy (non-hydrogen) atoms. The van der Waals surface area contributed by atoms with Crippen LogP contribution in [0.25, 0.3) is 11.5 Å². The van der Waals surface area contributed by atoms with Crippen molar-refractivity contribution in [2.45, 2.75) is 13.0 Å². The zero-order chi connectivity index (χ0) is 17.1. The molecule has 1 N–H and O–H groups in total. The molecule has 0 radical (unpaired) electrons. The number of halogens is 1. The van der Waals surface area contributed by atoms with Gasteiger partial charge in [0.15, 0.2) is 5.82 Å². The van der Waals surface area contributed by atoms with Crippen molar-refractivity contribution in [3.8, 4) is 11.5 Å². The minimum absolute atomic E-state index is 0.142. The third-order valence-corrected chi connectivity index (χ3v) is 3.53. The Balaban J connectivity index is 1.77. The number of anilines is 1. The largest absolute Gasteiger partial charge is 0.359 e. The van der Waals surface area contributed by atoms with Gasteiger partial charge in [0.1, 0.15) is 12.0 Å². The van der Waals surface area contributed by atoms with Gasteiger partial charge in [-0.3, -0.25) is 10.1 Å². The molecule has 0 spiro atoms. The van der Waals surface area contributed by atoms with Crippen LogP contribution in [-0.4, -0.2) is 20.0 Å². The quantitative estimate of drug-likeness (QED) is 0.552. The fourth-order valence-electron chi connectivity index (χ4n) is 2.01. The molecule has 3 aromatic rings. The zero-order valence-electron chi connectivity index (χ0n) is 12.5. The molecule has 1 unspecified atom stereocenters. The summed E-state index contributed by atoms with van der Waals surface area (Å²) in [4.78, 5) is 18.4. The second-order valence-electron chi connectivity index (χ2n) is 4.97. The van der Waals surface area contributed by atoms with E-state index in [0.29, 0.717) is 17.5 Å². The third kappa shape index (κ3) is 3.33. The van der Waals surface area contributed by atoms with Gasteiger partial charge in [-0.2, -0.15) is 4.98 Å². The minimum Gasteiger partial charge on any atom is -0.359 e. The first-order valence-electron chi connectivity index (χ1n) is 7.00. The van der Waals surface area contributed by atoms with Crippen LogP contribution in [0.15, 0.2) is 47.1 Å². The van der Waals surface area contributed by atoms with Crippen molar-refractivity contribution in [2.75, 3.05) is 5.32 Å². The topological polar surface area (TPSA) is 107 Å². The molecule has 0 amide bonds. The number of rotatable bonds is 5. The molecule has 8 nitrogen and oxygen atoms in total. The van der Waals surface area contributed by atoms with Crippen molar-refractivity contribution in [1.29, 1.82) is 0 Å². The van der Waals surface area contributed by atoms with Crippen molar-refractivity contribution < 1.29 is 9.45 Å². The Labute approximate surface area is 141 Å². The van der Waals surface area contributed by atoms with Crippen LogP contribution in [0.1, 0.15) is 18.8 Å². The summed E-state index contributed by atoms with van der Waals surface area (Å²) in [6, 6.07) is 10.3. The predicted octanol–water partition coefficient (Wildman–Crippen LogP) is 3.87. The molecule has 0 saturated carbocycles. The SMILES string of the molecule is CC(Nc1ncc([N+](=O)[O-])cc1Cl)c1noc(-c2ccccc2)n1. The molecule has 9 heteroatoms. The van der Waals surface area contributed by atoms with Crippen molar-refractivity contribution >= 4 is 23.1 Å². The van der Waals surface area contributed by atoms with Crippen LogP contribution in [0.2, 0.25) is 5.02 Å². The van der Waals surface area contributed by atoms with E-state index in [2.05, 4.69) is 20.4 Å². The smallest absolute Gasteiger partial charge is 0.289 e. The van der Waals surface area contributed by atoms with Crippen LogP contribution < -0.4 is 5.32 Å². The summed E-state index contributed by atoms with van der Waals surface area (Å²) in [6.07, 6.45) is 1.13. The molecule has 2 aromatic heterocycles. The Morgan fingerprint density at radius 3 is 2.75 bits per heavy atom. The molecule has 0 aliphatic carbocycles. The van der Waals surface area contributed by atoms with Crippen LogP contribution in [0.4, 0.5) is 11.5 Å². The second kappa shape index (κ2) is 6.63. The van der Waals surface area contributed by atoms with E-state index in [-0.39, 0.29) is 16.8 Å². The van der Waals surface area contributed by atoms with Gasteiger partial charge in [0, 0.05) is 11.6 Å². The van der Waals surface area contributed by atoms with Gasteiger partial charge < -0.3 is 9.84 Å². The molecule has 122 valence electrons. The van der Waals surface area contributed by atoms with E-state index in [0.717, 1.165) is 11.8 Å². The van der Waals surface area contributed by atoms with Crippen molar-refractivity contribution in [3.63, 3.8) is 0 Å². The summed E-state index contributed by atoms with van der Waals surface area (Å²) in [5.74, 6) is 1.13. The lowest BCUT2D eigenvalue weighted by atomic mass is 10.2. The Bertz CT molecular complexity index is 869. The molecule has 0 aliphatic heterocycles. The van der Waals surface area contributed by atoms with Gasteiger partial charge in [-0.05, 0) is 19.1 Å². The molecule has 0 fully saturated rings. The van der Waals surface area contributed by atoms with Gasteiger partial charge in [-0.25, -0.2) is 4.98 Å². The second-order valence-corrected chi connectivity index (χ2v) is 5.38. The number of nitro groups is 1. The zero-order valence-corrected chi connectivity index (χ0v) is 13.3. The summed E-state index contributed by atoms with van der Waals surface area (Å²) in [6.45, 7) is 1.80. The maximum absolute atomic E-state index is 10.7. The monoisotopic (exact) mass is 345 g/mol. The van der Waals surface area contributed by atoms with E-state index in [1.54, 1.807) is 6.92 Å². The predicted molar refractivity (Wildman–Crippen MR) is 87.7 cm³/mol. The standard InChI is InChI=1S/C15H12ClN5O3/c1-9(18-14-12(16)7-11(8-17-14)21(22)23)13-19-15(24-20-13)10-5-3-2-4-6-10/h2-9H,1H3,(H,17,18). The summed E-state index contributed by atoms with van der Waals surface area (Å²) < 4.78 is 5.25. The Kier molecular flexibility index (Phi) is 4.39. The Morgan fingerprint density at radius 2 is 2.08 bits per heavy atom. The van der Waals surface area contributed by atoms with Crippen molar-refractivity contribution in [2.24, 2.45) is 0 Å². The first kappa shape index (κ1) is 15.9. The molecule has 2 heterocycles. The van der Waals surface area contributed by atoms with E-state index >= 15 is 0 Å². The fourth-order valence-corrected chi connectivity index (χ4v) is 2.23. The molecule has 1 aromatic carbocycles. The van der Waals surface area contributed by atoms with Gasteiger partial charge in [0.05, 0.1) is 16.0 Å². The van der Waals surface area contributed by atoms with Crippen molar-refractivity contribution in [3.05, 3.63) is 63.6 Å². The maximum Gasteiger partial charge on any atom is 0.289 e. The lowest BCUT2D eigenvalue weighted by Crippen LogP contribution is -2.10. The number of aromatic nitrogens is 3. The van der Waals surface area contributed by atoms with E-state index in [1.165, 1.54) is 6.07 Å².